The summed E-state index contributed by atoms with van der Waals surface area (Å²) in [5, 5.41) is 1.13. The van der Waals surface area contributed by atoms with E-state index in [1.54, 1.807) is 6.20 Å². The number of nitrogen functional groups attached to an aromatic ring is 1. The Morgan fingerprint density at radius 1 is 1.38 bits per heavy atom. The van der Waals surface area contributed by atoms with E-state index in [-0.39, 0.29) is 0 Å². The highest BCUT2D eigenvalue weighted by Crippen LogP contribution is 2.14. The van der Waals surface area contributed by atoms with E-state index in [1.807, 2.05) is 43.8 Å². The zero-order valence-electron chi connectivity index (χ0n) is 8.28. The number of anilines is 1. The molecule has 0 saturated heterocycles. The summed E-state index contributed by atoms with van der Waals surface area (Å²) in [5.41, 5.74) is 6.65. The van der Waals surface area contributed by atoms with Crippen LogP contribution in [0.5, 0.6) is 0 Å². The average Bonchev–Trinajstić information content (AvgIpc) is 2.52. The molecule has 0 unspecified atom stereocenters. The third kappa shape index (κ3) is 1.80. The lowest BCUT2D eigenvalue weighted by atomic mass is 10.3. The molecule has 0 aromatic carbocycles. The van der Waals surface area contributed by atoms with Gasteiger partial charge >= 0.3 is 0 Å². The first-order valence-electron chi connectivity index (χ1n) is 4.44. The predicted molar refractivity (Wildman–Crippen MR) is 56.5 cm³/mol. The van der Waals surface area contributed by atoms with Crippen LogP contribution in [0.3, 0.4) is 0 Å². The van der Waals surface area contributed by atoms with Crippen LogP contribution in [-0.4, -0.2) is 9.55 Å². The molecule has 0 aliphatic rings. The SMILES string of the molecule is CC.Cn1ccc2cnc(N)cc21. The van der Waals surface area contributed by atoms with E-state index in [9.17, 15) is 0 Å². The van der Waals surface area contributed by atoms with E-state index in [2.05, 4.69) is 4.98 Å². The van der Waals surface area contributed by atoms with Crippen molar-refractivity contribution in [3.8, 4) is 0 Å². The van der Waals surface area contributed by atoms with Crippen LogP contribution in [0.4, 0.5) is 5.82 Å². The van der Waals surface area contributed by atoms with Gasteiger partial charge in [-0.15, -0.1) is 0 Å². The molecule has 0 spiro atoms. The molecule has 0 bridgehead atoms. The second-order valence-corrected chi connectivity index (χ2v) is 2.59. The first kappa shape index (κ1) is 9.58. The second kappa shape index (κ2) is 3.94. The maximum atomic E-state index is 5.53. The largest absolute Gasteiger partial charge is 0.384 e. The molecule has 2 rings (SSSR count). The van der Waals surface area contributed by atoms with Gasteiger partial charge in [-0.1, -0.05) is 13.8 Å². The first-order valence-corrected chi connectivity index (χ1v) is 4.44. The fraction of sp³-hybridized carbons (Fsp3) is 0.300. The Hall–Kier alpha value is -1.51. The van der Waals surface area contributed by atoms with Crippen molar-refractivity contribution in [3.63, 3.8) is 0 Å². The normalized spacial score (nSPS) is 9.46. The van der Waals surface area contributed by atoms with Crippen molar-refractivity contribution in [3.05, 3.63) is 24.5 Å². The molecule has 70 valence electrons. The molecule has 2 aromatic heterocycles. The summed E-state index contributed by atoms with van der Waals surface area (Å²) in [6, 6.07) is 3.89. The Bertz CT molecular complexity index is 390. The van der Waals surface area contributed by atoms with Crippen LogP contribution in [0, 0.1) is 0 Å². The van der Waals surface area contributed by atoms with Gasteiger partial charge in [0.1, 0.15) is 5.82 Å². The topological polar surface area (TPSA) is 43.8 Å². The van der Waals surface area contributed by atoms with Crippen LogP contribution in [-0.2, 0) is 7.05 Å². The number of rotatable bonds is 0. The van der Waals surface area contributed by atoms with Gasteiger partial charge < -0.3 is 10.3 Å². The Balaban J connectivity index is 0.000000396. The van der Waals surface area contributed by atoms with Crippen molar-refractivity contribution in [2.75, 3.05) is 5.73 Å². The number of nitrogens with zero attached hydrogens (tertiary/aromatic N) is 2. The van der Waals surface area contributed by atoms with Gasteiger partial charge in [-0.2, -0.15) is 0 Å². The molecule has 0 aliphatic heterocycles. The molecule has 0 amide bonds. The fourth-order valence-corrected chi connectivity index (χ4v) is 1.18. The van der Waals surface area contributed by atoms with Gasteiger partial charge in [-0.3, -0.25) is 0 Å². The van der Waals surface area contributed by atoms with Gasteiger partial charge in [0.15, 0.2) is 0 Å². The summed E-state index contributed by atoms with van der Waals surface area (Å²) in [7, 11) is 1.99. The maximum Gasteiger partial charge on any atom is 0.125 e. The van der Waals surface area contributed by atoms with E-state index in [1.165, 1.54) is 0 Å². The Morgan fingerprint density at radius 2 is 2.08 bits per heavy atom. The van der Waals surface area contributed by atoms with Crippen LogP contribution in [0.1, 0.15) is 13.8 Å². The molecule has 3 nitrogen and oxygen atoms in total. The Kier molecular flexibility index (Phi) is 2.90. The van der Waals surface area contributed by atoms with Gasteiger partial charge in [0.25, 0.3) is 0 Å². The number of aryl methyl sites for hydroxylation is 1. The van der Waals surface area contributed by atoms with Crippen LogP contribution in [0.15, 0.2) is 24.5 Å². The van der Waals surface area contributed by atoms with Crippen LogP contribution >= 0.6 is 0 Å². The molecule has 0 radical (unpaired) electrons. The summed E-state index contributed by atoms with van der Waals surface area (Å²) in [4.78, 5) is 3.99. The molecular formula is C10H15N3. The van der Waals surface area contributed by atoms with Gasteiger partial charge in [0.05, 0.1) is 5.52 Å². The van der Waals surface area contributed by atoms with Gasteiger partial charge in [-0.25, -0.2) is 4.98 Å². The quantitative estimate of drug-likeness (QED) is 0.670. The van der Waals surface area contributed by atoms with E-state index in [4.69, 9.17) is 5.73 Å². The lowest BCUT2D eigenvalue weighted by Crippen LogP contribution is -1.90. The first-order chi connectivity index (χ1) is 6.27. The number of nitrogens with two attached hydrogens (primary N) is 1. The molecule has 0 aliphatic carbocycles. The van der Waals surface area contributed by atoms with Crippen LogP contribution in [0.25, 0.3) is 10.9 Å². The van der Waals surface area contributed by atoms with E-state index < -0.39 is 0 Å². The molecule has 0 saturated carbocycles. The minimum Gasteiger partial charge on any atom is -0.384 e. The van der Waals surface area contributed by atoms with E-state index >= 15 is 0 Å². The monoisotopic (exact) mass is 177 g/mol. The summed E-state index contributed by atoms with van der Waals surface area (Å²) in [6.07, 6.45) is 3.77. The smallest absolute Gasteiger partial charge is 0.125 e. The standard InChI is InChI=1S/C8H9N3.C2H6/c1-11-3-2-6-5-10-8(9)4-7(6)11;1-2/h2-5H,1H3,(H2,9,10);1-2H3. The zero-order valence-corrected chi connectivity index (χ0v) is 8.28. The lowest BCUT2D eigenvalue weighted by molar-refractivity contribution is 0.968. The molecule has 2 aromatic rings. The third-order valence-electron chi connectivity index (χ3n) is 1.79. The zero-order chi connectivity index (χ0) is 9.84. The van der Waals surface area contributed by atoms with Crippen LogP contribution in [0.2, 0.25) is 0 Å². The van der Waals surface area contributed by atoms with E-state index in [0.717, 1.165) is 10.9 Å². The lowest BCUT2D eigenvalue weighted by Gasteiger charge is -1.95. The molecule has 0 atom stereocenters. The maximum absolute atomic E-state index is 5.53. The highest BCUT2D eigenvalue weighted by atomic mass is 14.9. The molecule has 2 N–H and O–H groups in total. The summed E-state index contributed by atoms with van der Waals surface area (Å²) >= 11 is 0. The summed E-state index contributed by atoms with van der Waals surface area (Å²) in [5.74, 6) is 0.569. The van der Waals surface area contributed by atoms with Crippen molar-refractivity contribution >= 4 is 16.7 Å². The van der Waals surface area contributed by atoms with Crippen molar-refractivity contribution in [2.24, 2.45) is 7.05 Å². The number of hydrogen-bond donors (Lipinski definition) is 1. The minimum absolute atomic E-state index is 0.569. The van der Waals surface area contributed by atoms with Gasteiger partial charge in [-0.05, 0) is 6.07 Å². The third-order valence-corrected chi connectivity index (χ3v) is 1.79. The van der Waals surface area contributed by atoms with Gasteiger partial charge in [0.2, 0.25) is 0 Å². The van der Waals surface area contributed by atoms with Crippen molar-refractivity contribution < 1.29 is 0 Å². The molecule has 13 heavy (non-hydrogen) atoms. The number of fused-ring (bicyclic) bond motifs is 1. The predicted octanol–water partition coefficient (Wildman–Crippen LogP) is 2.18. The van der Waals surface area contributed by atoms with E-state index in [0.29, 0.717) is 5.82 Å². The minimum atomic E-state index is 0.569. The number of pyridine rings is 1. The van der Waals surface area contributed by atoms with Crippen molar-refractivity contribution in [1.82, 2.24) is 9.55 Å². The number of aromatic nitrogens is 2. The van der Waals surface area contributed by atoms with Crippen LogP contribution < -0.4 is 5.73 Å². The second-order valence-electron chi connectivity index (χ2n) is 2.59. The Morgan fingerprint density at radius 3 is 2.77 bits per heavy atom. The van der Waals surface area contributed by atoms with Crippen molar-refractivity contribution in [1.29, 1.82) is 0 Å². The molecule has 3 heteroatoms. The fourth-order valence-electron chi connectivity index (χ4n) is 1.18. The molecule has 0 fully saturated rings. The van der Waals surface area contributed by atoms with Gasteiger partial charge in [0, 0.05) is 30.9 Å². The summed E-state index contributed by atoms with van der Waals surface area (Å²) < 4.78 is 2.02. The highest BCUT2D eigenvalue weighted by Gasteiger charge is 1.96. The highest BCUT2D eigenvalue weighted by molar-refractivity contribution is 5.81. The average molecular weight is 177 g/mol. The molecular weight excluding hydrogens is 162 g/mol. The number of hydrogen-bond acceptors (Lipinski definition) is 2. The van der Waals surface area contributed by atoms with Crippen molar-refractivity contribution in [2.45, 2.75) is 13.8 Å². The molecule has 2 heterocycles. The summed E-state index contributed by atoms with van der Waals surface area (Å²) in [6.45, 7) is 4.00. The Labute approximate surface area is 78.2 Å².